The van der Waals surface area contributed by atoms with E-state index < -0.39 is 16.6 Å². The first-order valence-electron chi connectivity index (χ1n) is 6.70. The predicted octanol–water partition coefficient (Wildman–Crippen LogP) is 3.01. The van der Waals surface area contributed by atoms with Crippen LogP contribution < -0.4 is 0 Å². The van der Waals surface area contributed by atoms with E-state index in [1.54, 1.807) is 16.7 Å². The average Bonchev–Trinajstić information content (AvgIpc) is 2.43. The van der Waals surface area contributed by atoms with Crippen molar-refractivity contribution < 1.29 is 14.1 Å². The maximum absolute atomic E-state index is 14.2. The molecule has 7 heteroatoms. The SMILES string of the molecule is Cc1cc([N+](=O)[O-])cc(C(=O)N2CCSC(C)C2C)c1F. The number of hydrogen-bond acceptors (Lipinski definition) is 4. The van der Waals surface area contributed by atoms with Crippen molar-refractivity contribution in [2.45, 2.75) is 32.1 Å². The van der Waals surface area contributed by atoms with Crippen LogP contribution in [0.15, 0.2) is 12.1 Å². The van der Waals surface area contributed by atoms with E-state index in [1.165, 1.54) is 6.92 Å². The Morgan fingerprint density at radius 1 is 1.48 bits per heavy atom. The zero-order valence-electron chi connectivity index (χ0n) is 12.1. The lowest BCUT2D eigenvalue weighted by molar-refractivity contribution is -0.385. The van der Waals surface area contributed by atoms with Crippen LogP contribution in [0, 0.1) is 22.9 Å². The highest BCUT2D eigenvalue weighted by atomic mass is 32.2. The van der Waals surface area contributed by atoms with E-state index in [0.29, 0.717) is 6.54 Å². The van der Waals surface area contributed by atoms with Gasteiger partial charge in [0, 0.05) is 35.7 Å². The van der Waals surface area contributed by atoms with Gasteiger partial charge < -0.3 is 4.90 Å². The standard InChI is InChI=1S/C14H17FN2O3S/c1-8-6-11(17(19)20)7-12(13(8)15)14(18)16-4-5-21-10(3)9(16)2/h6-7,9-10H,4-5H2,1-3H3. The largest absolute Gasteiger partial charge is 0.334 e. The zero-order chi connectivity index (χ0) is 15.7. The number of amides is 1. The Hall–Kier alpha value is -1.63. The fraction of sp³-hybridized carbons (Fsp3) is 0.500. The van der Waals surface area contributed by atoms with E-state index in [9.17, 15) is 19.3 Å². The molecule has 0 radical (unpaired) electrons. The van der Waals surface area contributed by atoms with Crippen LogP contribution in [0.4, 0.5) is 10.1 Å². The normalized spacial score (nSPS) is 22.2. The van der Waals surface area contributed by atoms with Crippen LogP contribution in [-0.2, 0) is 0 Å². The number of hydrogen-bond donors (Lipinski definition) is 0. The van der Waals surface area contributed by atoms with Crippen molar-refractivity contribution in [2.75, 3.05) is 12.3 Å². The van der Waals surface area contributed by atoms with Gasteiger partial charge in [-0.1, -0.05) is 6.92 Å². The number of thioether (sulfide) groups is 1. The molecule has 0 bridgehead atoms. The summed E-state index contributed by atoms with van der Waals surface area (Å²) in [7, 11) is 0. The number of aryl methyl sites for hydroxylation is 1. The summed E-state index contributed by atoms with van der Waals surface area (Å²) < 4.78 is 14.2. The van der Waals surface area contributed by atoms with Crippen LogP contribution in [0.1, 0.15) is 29.8 Å². The van der Waals surface area contributed by atoms with Crippen LogP contribution >= 0.6 is 11.8 Å². The summed E-state index contributed by atoms with van der Waals surface area (Å²) >= 11 is 1.76. The lowest BCUT2D eigenvalue weighted by Crippen LogP contribution is -2.48. The van der Waals surface area contributed by atoms with E-state index in [-0.39, 0.29) is 28.1 Å². The Labute approximate surface area is 126 Å². The van der Waals surface area contributed by atoms with Crippen LogP contribution in [0.25, 0.3) is 0 Å². The van der Waals surface area contributed by atoms with Crippen molar-refractivity contribution in [3.05, 3.63) is 39.2 Å². The fourth-order valence-electron chi connectivity index (χ4n) is 2.39. The maximum Gasteiger partial charge on any atom is 0.270 e. The van der Waals surface area contributed by atoms with Gasteiger partial charge in [0.1, 0.15) is 5.82 Å². The third-order valence-electron chi connectivity index (χ3n) is 3.83. The summed E-state index contributed by atoms with van der Waals surface area (Å²) in [6.45, 7) is 5.88. The number of nitrogens with zero attached hydrogens (tertiary/aromatic N) is 2. The van der Waals surface area contributed by atoms with Gasteiger partial charge in [0.2, 0.25) is 0 Å². The minimum atomic E-state index is -0.677. The number of nitro groups is 1. The van der Waals surface area contributed by atoms with Crippen LogP contribution in [-0.4, -0.2) is 39.3 Å². The smallest absolute Gasteiger partial charge is 0.270 e. The van der Waals surface area contributed by atoms with Crippen LogP contribution in [0.5, 0.6) is 0 Å². The Bertz CT molecular complexity index is 594. The molecule has 114 valence electrons. The summed E-state index contributed by atoms with van der Waals surface area (Å²) in [6, 6.07) is 2.14. The quantitative estimate of drug-likeness (QED) is 0.622. The Morgan fingerprint density at radius 2 is 2.14 bits per heavy atom. The number of non-ortho nitro benzene ring substituents is 1. The van der Waals surface area contributed by atoms with Gasteiger partial charge >= 0.3 is 0 Å². The molecule has 0 aliphatic carbocycles. The molecule has 1 aromatic carbocycles. The van der Waals surface area contributed by atoms with E-state index in [4.69, 9.17) is 0 Å². The molecule has 1 saturated heterocycles. The zero-order valence-corrected chi connectivity index (χ0v) is 12.9. The first-order valence-corrected chi connectivity index (χ1v) is 7.75. The van der Waals surface area contributed by atoms with Gasteiger partial charge in [-0.25, -0.2) is 4.39 Å². The summed E-state index contributed by atoms with van der Waals surface area (Å²) in [6.07, 6.45) is 0. The van der Waals surface area contributed by atoms with Gasteiger partial charge in [0.25, 0.3) is 11.6 Å². The summed E-state index contributed by atoms with van der Waals surface area (Å²) in [5.74, 6) is -0.366. The monoisotopic (exact) mass is 312 g/mol. The third-order valence-corrected chi connectivity index (χ3v) is 5.16. The molecule has 2 atom stereocenters. The minimum absolute atomic E-state index is 0.0322. The number of carbonyl (C=O) groups excluding carboxylic acids is 1. The van der Waals surface area contributed by atoms with Crippen molar-refractivity contribution in [1.29, 1.82) is 0 Å². The van der Waals surface area contributed by atoms with Crippen molar-refractivity contribution in [3.63, 3.8) is 0 Å². The molecule has 0 spiro atoms. The van der Waals surface area contributed by atoms with Gasteiger partial charge in [-0.15, -0.1) is 0 Å². The number of carbonyl (C=O) groups is 1. The van der Waals surface area contributed by atoms with Gasteiger partial charge in [-0.05, 0) is 19.4 Å². The van der Waals surface area contributed by atoms with Crippen molar-refractivity contribution in [3.8, 4) is 0 Å². The fourth-order valence-corrected chi connectivity index (χ4v) is 3.49. The number of halogens is 1. The molecule has 1 amide bonds. The van der Waals surface area contributed by atoms with Crippen molar-refractivity contribution in [2.24, 2.45) is 0 Å². The Morgan fingerprint density at radius 3 is 2.76 bits per heavy atom. The summed E-state index contributed by atoms with van der Waals surface area (Å²) in [5.41, 5.74) is -0.364. The van der Waals surface area contributed by atoms with Gasteiger partial charge in [0.15, 0.2) is 0 Å². The second kappa shape index (κ2) is 6.01. The molecule has 21 heavy (non-hydrogen) atoms. The molecule has 0 saturated carbocycles. The van der Waals surface area contributed by atoms with E-state index in [2.05, 4.69) is 0 Å². The molecule has 0 N–H and O–H groups in total. The highest BCUT2D eigenvalue weighted by molar-refractivity contribution is 8.00. The molecule has 1 heterocycles. The first-order chi connectivity index (χ1) is 9.82. The molecule has 2 unspecified atom stereocenters. The molecule has 5 nitrogen and oxygen atoms in total. The minimum Gasteiger partial charge on any atom is -0.334 e. The average molecular weight is 312 g/mol. The molecular weight excluding hydrogens is 295 g/mol. The summed E-state index contributed by atoms with van der Waals surface area (Å²) in [5, 5.41) is 11.1. The van der Waals surface area contributed by atoms with E-state index in [0.717, 1.165) is 17.9 Å². The molecule has 0 aromatic heterocycles. The number of rotatable bonds is 2. The van der Waals surface area contributed by atoms with Gasteiger partial charge in [-0.3, -0.25) is 14.9 Å². The first kappa shape index (κ1) is 15.8. The number of nitro benzene ring substituents is 1. The lowest BCUT2D eigenvalue weighted by Gasteiger charge is -2.37. The van der Waals surface area contributed by atoms with Crippen molar-refractivity contribution in [1.82, 2.24) is 4.90 Å². The second-order valence-corrected chi connectivity index (χ2v) is 6.68. The molecule has 1 aliphatic rings. The molecule has 1 aliphatic heterocycles. The van der Waals surface area contributed by atoms with Gasteiger partial charge in [0.05, 0.1) is 10.5 Å². The van der Waals surface area contributed by atoms with E-state index >= 15 is 0 Å². The topological polar surface area (TPSA) is 63.5 Å². The lowest BCUT2D eigenvalue weighted by atomic mass is 10.1. The maximum atomic E-state index is 14.2. The van der Waals surface area contributed by atoms with Crippen molar-refractivity contribution >= 4 is 23.4 Å². The second-order valence-electron chi connectivity index (χ2n) is 5.20. The van der Waals surface area contributed by atoms with Gasteiger partial charge in [-0.2, -0.15) is 11.8 Å². The van der Waals surface area contributed by atoms with Crippen LogP contribution in [0.2, 0.25) is 0 Å². The molecule has 1 aromatic rings. The molecular formula is C14H17FN2O3S. The van der Waals surface area contributed by atoms with E-state index in [1.807, 2.05) is 13.8 Å². The Balaban J connectivity index is 2.41. The Kier molecular flexibility index (Phi) is 4.51. The molecule has 2 rings (SSSR count). The third kappa shape index (κ3) is 3.02. The highest BCUT2D eigenvalue weighted by Crippen LogP contribution is 2.28. The highest BCUT2D eigenvalue weighted by Gasteiger charge is 2.32. The summed E-state index contributed by atoms with van der Waals surface area (Å²) in [4.78, 5) is 24.4. The predicted molar refractivity (Wildman–Crippen MR) is 80.2 cm³/mol. The van der Waals surface area contributed by atoms with Crippen LogP contribution in [0.3, 0.4) is 0 Å². The number of benzene rings is 1. The molecule has 1 fully saturated rings.